The van der Waals surface area contributed by atoms with Gasteiger partial charge < -0.3 is 15.0 Å². The molecule has 0 saturated carbocycles. The van der Waals surface area contributed by atoms with E-state index >= 15 is 0 Å². The molecule has 2 aliphatic rings. The van der Waals surface area contributed by atoms with Crippen LogP contribution in [0.4, 0.5) is 5.82 Å². The summed E-state index contributed by atoms with van der Waals surface area (Å²) in [5.74, 6) is 0.0159. The van der Waals surface area contributed by atoms with Gasteiger partial charge in [-0.2, -0.15) is 0 Å². The van der Waals surface area contributed by atoms with Crippen molar-refractivity contribution < 1.29 is 9.90 Å². The Labute approximate surface area is 172 Å². The molecule has 2 N–H and O–H groups in total. The van der Waals surface area contributed by atoms with Gasteiger partial charge in [-0.3, -0.25) is 9.78 Å². The molecule has 3 aromatic rings. The molecule has 3 aromatic heterocycles. The second kappa shape index (κ2) is 7.05. The van der Waals surface area contributed by atoms with Crippen LogP contribution >= 0.6 is 0 Å². The number of hydrogen-bond donors (Lipinski definition) is 2. The van der Waals surface area contributed by atoms with Crippen LogP contribution in [0.25, 0.3) is 11.4 Å². The molecular formula is C22H21N5O3. The molecule has 4 heterocycles. The van der Waals surface area contributed by atoms with Crippen LogP contribution in [0.15, 0.2) is 47.7 Å². The molecule has 0 aromatic carbocycles. The molecule has 1 saturated heterocycles. The highest BCUT2D eigenvalue weighted by Crippen LogP contribution is 2.44. The van der Waals surface area contributed by atoms with Crippen molar-refractivity contribution in [2.45, 2.75) is 31.1 Å². The van der Waals surface area contributed by atoms with Gasteiger partial charge in [0.05, 0.1) is 5.69 Å². The van der Waals surface area contributed by atoms with Crippen molar-refractivity contribution in [2.75, 3.05) is 18.0 Å². The predicted octanol–water partition coefficient (Wildman–Crippen LogP) is 2.41. The van der Waals surface area contributed by atoms with Gasteiger partial charge in [0.1, 0.15) is 17.2 Å². The third-order valence-corrected chi connectivity index (χ3v) is 6.20. The Hall–Kier alpha value is -3.55. The van der Waals surface area contributed by atoms with Crippen LogP contribution < -0.4 is 10.5 Å². The Morgan fingerprint density at radius 3 is 2.87 bits per heavy atom. The average Bonchev–Trinajstić information content (AvgIpc) is 3.12. The van der Waals surface area contributed by atoms with E-state index in [0.29, 0.717) is 24.6 Å². The lowest BCUT2D eigenvalue weighted by Crippen LogP contribution is -2.46. The summed E-state index contributed by atoms with van der Waals surface area (Å²) in [6.45, 7) is 1.33. The minimum atomic E-state index is -0.988. The molecule has 0 amide bonds. The Bertz CT molecular complexity index is 1180. The fourth-order valence-electron chi connectivity index (χ4n) is 4.82. The van der Waals surface area contributed by atoms with Gasteiger partial charge >= 0.3 is 5.97 Å². The molecule has 1 fully saturated rings. The lowest BCUT2D eigenvalue weighted by Gasteiger charge is -2.41. The molecule has 30 heavy (non-hydrogen) atoms. The summed E-state index contributed by atoms with van der Waals surface area (Å²) in [4.78, 5) is 42.8. The normalized spacial score (nSPS) is 20.3. The highest BCUT2D eigenvalue weighted by atomic mass is 16.4. The maximum atomic E-state index is 12.8. The van der Waals surface area contributed by atoms with Gasteiger partial charge in [-0.05, 0) is 49.9 Å². The summed E-state index contributed by atoms with van der Waals surface area (Å²) in [6, 6.07) is 6.91. The lowest BCUT2D eigenvalue weighted by atomic mass is 9.77. The number of pyridine rings is 2. The van der Waals surface area contributed by atoms with Gasteiger partial charge in [-0.15, -0.1) is 0 Å². The maximum absolute atomic E-state index is 12.8. The Balaban J connectivity index is 1.57. The number of carboxylic acid groups (broad SMARTS) is 1. The van der Waals surface area contributed by atoms with E-state index in [1.54, 1.807) is 30.7 Å². The third kappa shape index (κ3) is 2.96. The van der Waals surface area contributed by atoms with E-state index in [1.807, 2.05) is 17.0 Å². The van der Waals surface area contributed by atoms with Crippen molar-refractivity contribution >= 4 is 11.8 Å². The van der Waals surface area contributed by atoms with Crippen molar-refractivity contribution in [3.8, 4) is 11.4 Å². The number of aromatic nitrogens is 4. The molecule has 8 heteroatoms. The second-order valence-electron chi connectivity index (χ2n) is 7.97. The number of hydrogen-bond acceptors (Lipinski definition) is 6. The predicted molar refractivity (Wildman–Crippen MR) is 111 cm³/mol. The first-order valence-electron chi connectivity index (χ1n) is 10.0. The zero-order valence-corrected chi connectivity index (χ0v) is 16.3. The number of nitrogens with zero attached hydrogens (tertiary/aromatic N) is 4. The number of carboxylic acids is 1. The molecule has 152 valence electrons. The Morgan fingerprint density at radius 1 is 1.20 bits per heavy atom. The quantitative estimate of drug-likeness (QED) is 0.691. The molecule has 0 radical (unpaired) electrons. The van der Waals surface area contributed by atoms with Crippen LogP contribution in [0.1, 0.15) is 40.9 Å². The van der Waals surface area contributed by atoms with Crippen molar-refractivity contribution in [1.82, 2.24) is 19.9 Å². The van der Waals surface area contributed by atoms with Gasteiger partial charge in [0.15, 0.2) is 0 Å². The van der Waals surface area contributed by atoms with Crippen molar-refractivity contribution in [3.05, 3.63) is 70.0 Å². The van der Waals surface area contributed by atoms with E-state index in [-0.39, 0.29) is 16.5 Å². The Morgan fingerprint density at radius 2 is 2.07 bits per heavy atom. The number of anilines is 1. The SMILES string of the molecule is O=C(O)c1cccnc1N1CCCC2(CCc3c2nc(-c2cccnc2)[nH]c3=O)C1. The number of fused-ring (bicyclic) bond motifs is 2. The number of carbonyl (C=O) groups is 1. The monoisotopic (exact) mass is 403 g/mol. The van der Waals surface area contributed by atoms with Crippen molar-refractivity contribution in [1.29, 1.82) is 0 Å². The summed E-state index contributed by atoms with van der Waals surface area (Å²) >= 11 is 0. The van der Waals surface area contributed by atoms with Crippen LogP contribution in [0, 0.1) is 0 Å². The standard InChI is InChI=1S/C22H21N5O3/c28-20-15-6-8-22(17(15)25-18(26-20)14-4-1-9-23-12-14)7-3-11-27(13-22)19-16(21(29)30)5-2-10-24-19/h1-2,4-5,9-10,12H,3,6-8,11,13H2,(H,29,30)(H,25,26,28). The van der Waals surface area contributed by atoms with Crippen molar-refractivity contribution in [2.24, 2.45) is 0 Å². The minimum absolute atomic E-state index is 0.100. The van der Waals surface area contributed by atoms with Gasteiger partial charge in [-0.1, -0.05) is 0 Å². The zero-order chi connectivity index (χ0) is 20.7. The van der Waals surface area contributed by atoms with E-state index in [9.17, 15) is 14.7 Å². The van der Waals surface area contributed by atoms with E-state index < -0.39 is 5.97 Å². The molecule has 1 aliphatic carbocycles. The number of H-pyrrole nitrogens is 1. The Kier molecular flexibility index (Phi) is 4.34. The van der Waals surface area contributed by atoms with Crippen LogP contribution in [-0.2, 0) is 11.8 Å². The zero-order valence-electron chi connectivity index (χ0n) is 16.3. The summed E-state index contributed by atoms with van der Waals surface area (Å²) in [5, 5.41) is 9.58. The smallest absolute Gasteiger partial charge is 0.339 e. The summed E-state index contributed by atoms with van der Waals surface area (Å²) in [6.07, 6.45) is 8.28. The van der Waals surface area contributed by atoms with E-state index in [0.717, 1.165) is 42.6 Å². The van der Waals surface area contributed by atoms with Crippen LogP contribution in [0.2, 0.25) is 0 Å². The second-order valence-corrected chi connectivity index (χ2v) is 7.97. The maximum Gasteiger partial charge on any atom is 0.339 e. The minimum Gasteiger partial charge on any atom is -0.478 e. The average molecular weight is 403 g/mol. The third-order valence-electron chi connectivity index (χ3n) is 6.20. The number of rotatable bonds is 3. The number of piperidine rings is 1. The first kappa shape index (κ1) is 18.5. The number of nitrogens with one attached hydrogen (secondary N) is 1. The van der Waals surface area contributed by atoms with Crippen LogP contribution in [0.5, 0.6) is 0 Å². The fourth-order valence-corrected chi connectivity index (χ4v) is 4.82. The van der Waals surface area contributed by atoms with Crippen molar-refractivity contribution in [3.63, 3.8) is 0 Å². The highest BCUT2D eigenvalue weighted by Gasteiger charge is 2.45. The van der Waals surface area contributed by atoms with E-state index in [1.165, 1.54) is 0 Å². The molecular weight excluding hydrogens is 382 g/mol. The molecule has 1 atom stereocenters. The van der Waals surface area contributed by atoms with Gasteiger partial charge in [0.25, 0.3) is 5.56 Å². The summed E-state index contributed by atoms with van der Waals surface area (Å²) < 4.78 is 0. The van der Waals surface area contributed by atoms with E-state index in [2.05, 4.69) is 15.0 Å². The lowest BCUT2D eigenvalue weighted by molar-refractivity contribution is 0.0697. The van der Waals surface area contributed by atoms with Crippen LogP contribution in [-0.4, -0.2) is 44.1 Å². The molecule has 1 spiro atoms. The number of aromatic amines is 1. The van der Waals surface area contributed by atoms with Gasteiger partial charge in [0, 0.05) is 48.2 Å². The summed E-state index contributed by atoms with van der Waals surface area (Å²) in [5.41, 5.74) is 2.16. The molecule has 5 rings (SSSR count). The van der Waals surface area contributed by atoms with E-state index in [4.69, 9.17) is 4.98 Å². The van der Waals surface area contributed by atoms with Crippen LogP contribution in [0.3, 0.4) is 0 Å². The first-order chi connectivity index (χ1) is 14.6. The fraction of sp³-hybridized carbons (Fsp3) is 0.318. The number of aromatic carboxylic acids is 1. The highest BCUT2D eigenvalue weighted by molar-refractivity contribution is 5.93. The first-order valence-corrected chi connectivity index (χ1v) is 10.0. The molecule has 8 nitrogen and oxygen atoms in total. The van der Waals surface area contributed by atoms with Gasteiger partial charge in [0.2, 0.25) is 0 Å². The molecule has 1 aliphatic heterocycles. The largest absolute Gasteiger partial charge is 0.478 e. The topological polar surface area (TPSA) is 112 Å². The molecule has 1 unspecified atom stereocenters. The summed E-state index contributed by atoms with van der Waals surface area (Å²) in [7, 11) is 0. The van der Waals surface area contributed by atoms with Gasteiger partial charge in [-0.25, -0.2) is 14.8 Å². The molecule has 0 bridgehead atoms.